The van der Waals surface area contributed by atoms with Crippen LogP contribution in [-0.2, 0) is 0 Å². The van der Waals surface area contributed by atoms with E-state index in [-0.39, 0.29) is 5.91 Å². The molecule has 98 valence electrons. The molecule has 3 N–H and O–H groups in total. The Morgan fingerprint density at radius 2 is 1.79 bits per heavy atom. The van der Waals surface area contributed by atoms with E-state index in [1.165, 1.54) is 0 Å². The highest BCUT2D eigenvalue weighted by molar-refractivity contribution is 9.10. The summed E-state index contributed by atoms with van der Waals surface area (Å²) in [5, 5.41) is 3.43. The van der Waals surface area contributed by atoms with Crippen molar-refractivity contribution in [3.8, 4) is 0 Å². The Morgan fingerprint density at radius 1 is 1.16 bits per heavy atom. The van der Waals surface area contributed by atoms with E-state index in [9.17, 15) is 4.79 Å². The molecule has 0 aromatic heterocycles. The first kappa shape index (κ1) is 14.2. The summed E-state index contributed by atoms with van der Waals surface area (Å²) in [5.74, 6) is -0.325. The van der Waals surface area contributed by atoms with Crippen LogP contribution in [0.4, 0.5) is 11.4 Å². The van der Waals surface area contributed by atoms with Gasteiger partial charge in [-0.15, -0.1) is 0 Å². The number of nitrogens with two attached hydrogens (primary N) is 1. The van der Waals surface area contributed by atoms with Crippen molar-refractivity contribution >= 4 is 56.4 Å². The molecular formula is C13H9BrCl2N2O. The van der Waals surface area contributed by atoms with Crippen molar-refractivity contribution in [3.63, 3.8) is 0 Å². The monoisotopic (exact) mass is 358 g/mol. The van der Waals surface area contributed by atoms with Crippen LogP contribution in [0.1, 0.15) is 10.4 Å². The molecule has 0 radical (unpaired) electrons. The molecule has 0 aliphatic carbocycles. The lowest BCUT2D eigenvalue weighted by atomic mass is 10.2. The van der Waals surface area contributed by atoms with Gasteiger partial charge in [-0.25, -0.2) is 0 Å². The predicted octanol–water partition coefficient (Wildman–Crippen LogP) is 4.59. The predicted molar refractivity (Wildman–Crippen MR) is 83.0 cm³/mol. The number of nitrogens with one attached hydrogen (secondary N) is 1. The number of hydrogen-bond donors (Lipinski definition) is 2. The fourth-order valence-electron chi connectivity index (χ4n) is 1.49. The van der Waals surface area contributed by atoms with Crippen molar-refractivity contribution in [3.05, 3.63) is 56.5 Å². The zero-order valence-electron chi connectivity index (χ0n) is 9.58. The van der Waals surface area contributed by atoms with Gasteiger partial charge in [0, 0.05) is 15.7 Å². The van der Waals surface area contributed by atoms with Crippen LogP contribution >= 0.6 is 39.1 Å². The van der Waals surface area contributed by atoms with Crippen molar-refractivity contribution in [2.45, 2.75) is 0 Å². The quantitative estimate of drug-likeness (QED) is 0.770. The summed E-state index contributed by atoms with van der Waals surface area (Å²) in [7, 11) is 0. The molecular weight excluding hydrogens is 351 g/mol. The van der Waals surface area contributed by atoms with Crippen molar-refractivity contribution in [1.29, 1.82) is 0 Å². The smallest absolute Gasteiger partial charge is 0.255 e. The van der Waals surface area contributed by atoms with E-state index in [2.05, 4.69) is 21.2 Å². The summed E-state index contributed by atoms with van der Waals surface area (Å²) in [6, 6.07) is 9.94. The first-order valence-corrected chi connectivity index (χ1v) is 6.84. The van der Waals surface area contributed by atoms with Crippen LogP contribution < -0.4 is 11.1 Å². The molecule has 2 rings (SSSR count). The van der Waals surface area contributed by atoms with Crippen LogP contribution in [0.25, 0.3) is 0 Å². The van der Waals surface area contributed by atoms with E-state index < -0.39 is 0 Å². The lowest BCUT2D eigenvalue weighted by molar-refractivity contribution is 0.102. The Labute approximate surface area is 128 Å². The van der Waals surface area contributed by atoms with Gasteiger partial charge in [-0.2, -0.15) is 0 Å². The summed E-state index contributed by atoms with van der Waals surface area (Å²) >= 11 is 15.2. The van der Waals surface area contributed by atoms with E-state index in [4.69, 9.17) is 28.9 Å². The van der Waals surface area contributed by atoms with Gasteiger partial charge in [-0.05, 0) is 46.3 Å². The zero-order chi connectivity index (χ0) is 14.0. The molecule has 0 saturated heterocycles. The Morgan fingerprint density at radius 3 is 2.37 bits per heavy atom. The number of benzene rings is 2. The summed E-state index contributed by atoms with van der Waals surface area (Å²) < 4.78 is 0.736. The number of nitrogen functional groups attached to an aromatic ring is 1. The average molecular weight is 360 g/mol. The lowest BCUT2D eigenvalue weighted by Gasteiger charge is -2.09. The third kappa shape index (κ3) is 3.21. The maximum atomic E-state index is 12.1. The fraction of sp³-hybridized carbons (Fsp3) is 0. The average Bonchev–Trinajstić information content (AvgIpc) is 2.37. The highest BCUT2D eigenvalue weighted by Gasteiger charge is 2.12. The SMILES string of the molecule is Nc1cc(C(=O)Nc2c(Cl)cccc2Cl)ccc1Br. The van der Waals surface area contributed by atoms with E-state index in [0.717, 1.165) is 4.47 Å². The highest BCUT2D eigenvalue weighted by Crippen LogP contribution is 2.30. The van der Waals surface area contributed by atoms with Crippen molar-refractivity contribution in [2.75, 3.05) is 11.1 Å². The number of hydrogen-bond acceptors (Lipinski definition) is 2. The van der Waals surface area contributed by atoms with Crippen LogP contribution in [0, 0.1) is 0 Å². The Bertz CT molecular complexity index is 626. The standard InChI is InChI=1S/C13H9BrCl2N2O/c14-8-5-4-7(6-11(8)17)13(19)18-12-9(15)2-1-3-10(12)16/h1-6H,17H2,(H,18,19). The van der Waals surface area contributed by atoms with Crippen LogP contribution in [0.15, 0.2) is 40.9 Å². The number of para-hydroxylation sites is 1. The molecule has 0 saturated carbocycles. The van der Waals surface area contributed by atoms with Gasteiger partial charge in [0.25, 0.3) is 5.91 Å². The first-order chi connectivity index (χ1) is 8.99. The minimum Gasteiger partial charge on any atom is -0.398 e. The van der Waals surface area contributed by atoms with Crippen LogP contribution in [0.3, 0.4) is 0 Å². The second kappa shape index (κ2) is 5.82. The van der Waals surface area contributed by atoms with Crippen LogP contribution in [0.2, 0.25) is 10.0 Å². The topological polar surface area (TPSA) is 55.1 Å². The van der Waals surface area contributed by atoms with Crippen molar-refractivity contribution < 1.29 is 4.79 Å². The second-order valence-electron chi connectivity index (χ2n) is 3.79. The molecule has 0 unspecified atom stereocenters. The third-order valence-corrected chi connectivity index (χ3v) is 3.81. The molecule has 0 atom stereocenters. The zero-order valence-corrected chi connectivity index (χ0v) is 12.7. The summed E-state index contributed by atoms with van der Waals surface area (Å²) in [4.78, 5) is 12.1. The van der Waals surface area contributed by atoms with Gasteiger partial charge in [0.15, 0.2) is 0 Å². The summed E-state index contributed by atoms with van der Waals surface area (Å²) in [6.45, 7) is 0. The van der Waals surface area contributed by atoms with E-state index >= 15 is 0 Å². The van der Waals surface area contributed by atoms with Crippen molar-refractivity contribution in [1.82, 2.24) is 0 Å². The minimum absolute atomic E-state index is 0.325. The molecule has 6 heteroatoms. The second-order valence-corrected chi connectivity index (χ2v) is 5.46. The molecule has 0 aliphatic rings. The minimum atomic E-state index is -0.325. The van der Waals surface area contributed by atoms with Gasteiger partial charge in [0.1, 0.15) is 0 Å². The molecule has 2 aromatic carbocycles. The molecule has 2 aromatic rings. The van der Waals surface area contributed by atoms with Gasteiger partial charge in [0.05, 0.1) is 15.7 Å². The molecule has 3 nitrogen and oxygen atoms in total. The van der Waals surface area contributed by atoms with E-state index in [1.807, 2.05) is 0 Å². The first-order valence-electron chi connectivity index (χ1n) is 5.29. The van der Waals surface area contributed by atoms with Gasteiger partial charge in [-0.1, -0.05) is 29.3 Å². The van der Waals surface area contributed by atoms with Gasteiger partial charge < -0.3 is 11.1 Å². The van der Waals surface area contributed by atoms with Gasteiger partial charge in [-0.3, -0.25) is 4.79 Å². The molecule has 0 heterocycles. The normalized spacial score (nSPS) is 10.3. The summed E-state index contributed by atoms with van der Waals surface area (Å²) in [5.41, 5.74) is 7.03. The van der Waals surface area contributed by atoms with Crippen LogP contribution in [-0.4, -0.2) is 5.91 Å². The Kier molecular flexibility index (Phi) is 4.34. The maximum absolute atomic E-state index is 12.1. The largest absolute Gasteiger partial charge is 0.398 e. The number of anilines is 2. The van der Waals surface area contributed by atoms with E-state index in [0.29, 0.717) is 27.0 Å². The summed E-state index contributed by atoms with van der Waals surface area (Å²) in [6.07, 6.45) is 0. The van der Waals surface area contributed by atoms with Gasteiger partial charge in [0.2, 0.25) is 0 Å². The van der Waals surface area contributed by atoms with Crippen LogP contribution in [0.5, 0.6) is 0 Å². The Hall–Kier alpha value is -1.23. The Balaban J connectivity index is 2.28. The lowest BCUT2D eigenvalue weighted by Crippen LogP contribution is -2.13. The number of halogens is 3. The fourth-order valence-corrected chi connectivity index (χ4v) is 2.23. The highest BCUT2D eigenvalue weighted by atomic mass is 79.9. The van der Waals surface area contributed by atoms with Gasteiger partial charge >= 0.3 is 0 Å². The third-order valence-electron chi connectivity index (χ3n) is 2.46. The molecule has 0 aliphatic heterocycles. The molecule has 0 fully saturated rings. The molecule has 0 bridgehead atoms. The number of rotatable bonds is 2. The molecule has 19 heavy (non-hydrogen) atoms. The van der Waals surface area contributed by atoms with Crippen molar-refractivity contribution in [2.24, 2.45) is 0 Å². The number of amides is 1. The maximum Gasteiger partial charge on any atom is 0.255 e. The number of carbonyl (C=O) groups excluding carboxylic acids is 1. The molecule has 0 spiro atoms. The van der Waals surface area contributed by atoms with E-state index in [1.54, 1.807) is 36.4 Å². The number of carbonyl (C=O) groups is 1. The molecule has 1 amide bonds.